The fraction of sp³-hybridized carbons (Fsp3) is 0.360. The molecule has 33 heavy (non-hydrogen) atoms. The molecule has 4 aromatic rings. The topological polar surface area (TPSA) is 97.6 Å². The summed E-state index contributed by atoms with van der Waals surface area (Å²) in [5, 5.41) is 13.4. The lowest BCUT2D eigenvalue weighted by molar-refractivity contribution is -0.121. The van der Waals surface area contributed by atoms with E-state index in [-0.39, 0.29) is 23.6 Å². The monoisotopic (exact) mass is 444 g/mol. The second-order valence-electron chi connectivity index (χ2n) is 8.92. The van der Waals surface area contributed by atoms with Gasteiger partial charge in [-0.05, 0) is 63.3 Å². The number of nitrogens with zero attached hydrogens (tertiary/aromatic N) is 4. The van der Waals surface area contributed by atoms with Gasteiger partial charge in [-0.25, -0.2) is 9.36 Å². The van der Waals surface area contributed by atoms with E-state index in [1.807, 2.05) is 50.4 Å². The van der Waals surface area contributed by atoms with Crippen LogP contribution in [0.15, 0.2) is 53.5 Å². The zero-order valence-corrected chi connectivity index (χ0v) is 18.9. The Bertz CT molecular complexity index is 1360. The van der Waals surface area contributed by atoms with E-state index in [1.165, 1.54) is 0 Å². The maximum absolute atomic E-state index is 12.7. The van der Waals surface area contributed by atoms with E-state index in [1.54, 1.807) is 21.5 Å². The molecule has 8 heteroatoms. The Balaban J connectivity index is 1.22. The van der Waals surface area contributed by atoms with Gasteiger partial charge in [-0.15, -0.1) is 5.10 Å². The van der Waals surface area contributed by atoms with Crippen LogP contribution in [0.5, 0.6) is 0 Å². The van der Waals surface area contributed by atoms with Crippen LogP contribution < -0.4 is 10.9 Å². The summed E-state index contributed by atoms with van der Waals surface area (Å²) < 4.78 is 3.36. The fourth-order valence-corrected chi connectivity index (χ4v) is 4.84. The number of hydrogen-bond acceptors (Lipinski definition) is 4. The van der Waals surface area contributed by atoms with Gasteiger partial charge in [-0.2, -0.15) is 5.10 Å². The number of carbonyl (C=O) groups excluding carboxylic acids is 1. The summed E-state index contributed by atoms with van der Waals surface area (Å²) in [6, 6.07) is 13.4. The van der Waals surface area contributed by atoms with Gasteiger partial charge in [0.05, 0.1) is 18.2 Å². The Morgan fingerprint density at radius 2 is 1.88 bits per heavy atom. The Labute approximate surface area is 191 Å². The number of benzene rings is 1. The third kappa shape index (κ3) is 4.33. The molecule has 5 rings (SSSR count). The minimum absolute atomic E-state index is 0.0242. The molecular formula is C25H28N6O2. The van der Waals surface area contributed by atoms with E-state index in [0.717, 1.165) is 53.5 Å². The molecule has 0 aliphatic heterocycles. The van der Waals surface area contributed by atoms with Crippen LogP contribution in [0.25, 0.3) is 16.7 Å². The van der Waals surface area contributed by atoms with Gasteiger partial charge in [0.2, 0.25) is 5.91 Å². The van der Waals surface area contributed by atoms with Crippen LogP contribution in [0.4, 0.5) is 0 Å². The maximum Gasteiger partial charge on any atom is 0.267 e. The van der Waals surface area contributed by atoms with Gasteiger partial charge in [0.1, 0.15) is 0 Å². The number of rotatable bonds is 5. The van der Waals surface area contributed by atoms with Crippen LogP contribution in [0.3, 0.4) is 0 Å². The predicted octanol–water partition coefficient (Wildman–Crippen LogP) is 3.37. The number of hydrogen-bond donors (Lipinski definition) is 2. The molecule has 0 radical (unpaired) electrons. The first-order valence-electron chi connectivity index (χ1n) is 11.5. The highest BCUT2D eigenvalue weighted by molar-refractivity contribution is 5.88. The summed E-state index contributed by atoms with van der Waals surface area (Å²) in [4.78, 5) is 28.4. The lowest BCUT2D eigenvalue weighted by atomic mass is 9.91. The second-order valence-corrected chi connectivity index (χ2v) is 8.92. The standard InChI is InChI=1S/C25H28N6O2/c1-16-13-17(2)30(28-16)23-11-12-25(33)31(29-23)20-9-7-19(8-10-20)27-24(32)14-18-15-26-22-6-4-3-5-21(18)22/h3-6,11-13,15,19-20,26H,7-10,14H2,1-2H3,(H,27,32). The molecule has 170 valence electrons. The Hall–Kier alpha value is -3.68. The molecule has 0 saturated heterocycles. The molecule has 1 saturated carbocycles. The number of aryl methyl sites for hydroxylation is 2. The molecule has 3 aromatic heterocycles. The van der Waals surface area contributed by atoms with Crippen LogP contribution in [-0.2, 0) is 11.2 Å². The maximum atomic E-state index is 12.7. The minimum atomic E-state index is -0.105. The molecule has 1 amide bonds. The molecular weight excluding hydrogens is 416 g/mol. The molecule has 1 fully saturated rings. The molecule has 8 nitrogen and oxygen atoms in total. The quantitative estimate of drug-likeness (QED) is 0.493. The minimum Gasteiger partial charge on any atom is -0.361 e. The highest BCUT2D eigenvalue weighted by Gasteiger charge is 2.25. The van der Waals surface area contributed by atoms with E-state index in [0.29, 0.717) is 12.2 Å². The molecule has 1 aliphatic carbocycles. The Morgan fingerprint density at radius 1 is 1.09 bits per heavy atom. The summed E-state index contributed by atoms with van der Waals surface area (Å²) in [6.07, 6.45) is 5.51. The third-order valence-corrected chi connectivity index (χ3v) is 6.47. The average Bonchev–Trinajstić information content (AvgIpc) is 3.37. The number of amides is 1. The average molecular weight is 445 g/mol. The smallest absolute Gasteiger partial charge is 0.267 e. The van der Waals surface area contributed by atoms with Crippen molar-refractivity contribution >= 4 is 16.8 Å². The zero-order chi connectivity index (χ0) is 22.9. The first-order valence-corrected chi connectivity index (χ1v) is 11.5. The molecule has 1 aromatic carbocycles. The van der Waals surface area contributed by atoms with E-state index in [2.05, 4.69) is 20.5 Å². The number of carbonyl (C=O) groups is 1. The number of fused-ring (bicyclic) bond motifs is 1. The van der Waals surface area contributed by atoms with Crippen molar-refractivity contribution in [3.8, 4) is 5.82 Å². The van der Waals surface area contributed by atoms with Crippen molar-refractivity contribution in [1.29, 1.82) is 0 Å². The van der Waals surface area contributed by atoms with E-state index < -0.39 is 0 Å². The summed E-state index contributed by atoms with van der Waals surface area (Å²) in [5.41, 5.74) is 3.84. The number of nitrogens with one attached hydrogen (secondary N) is 2. The number of aromatic amines is 1. The van der Waals surface area contributed by atoms with Gasteiger partial charge in [-0.3, -0.25) is 9.59 Å². The first-order chi connectivity index (χ1) is 16.0. The van der Waals surface area contributed by atoms with Crippen molar-refractivity contribution < 1.29 is 4.79 Å². The summed E-state index contributed by atoms with van der Waals surface area (Å²) in [7, 11) is 0. The van der Waals surface area contributed by atoms with Gasteiger partial charge in [0.25, 0.3) is 5.56 Å². The molecule has 0 spiro atoms. The van der Waals surface area contributed by atoms with E-state index in [4.69, 9.17) is 0 Å². The first kappa shape index (κ1) is 21.2. The van der Waals surface area contributed by atoms with Crippen LogP contribution >= 0.6 is 0 Å². The lowest BCUT2D eigenvalue weighted by Crippen LogP contribution is -2.40. The summed E-state index contributed by atoms with van der Waals surface area (Å²) in [6.45, 7) is 3.91. The lowest BCUT2D eigenvalue weighted by Gasteiger charge is -2.29. The largest absolute Gasteiger partial charge is 0.361 e. The van der Waals surface area contributed by atoms with Gasteiger partial charge in [0, 0.05) is 34.9 Å². The number of aromatic nitrogens is 5. The number of para-hydroxylation sites is 1. The third-order valence-electron chi connectivity index (χ3n) is 6.47. The van der Waals surface area contributed by atoms with Gasteiger partial charge < -0.3 is 10.3 Å². The normalized spacial score (nSPS) is 18.5. The molecule has 3 heterocycles. The summed E-state index contributed by atoms with van der Waals surface area (Å²) in [5.74, 6) is 0.680. The number of H-pyrrole nitrogens is 1. The molecule has 2 N–H and O–H groups in total. The second kappa shape index (κ2) is 8.69. The molecule has 0 unspecified atom stereocenters. The predicted molar refractivity (Wildman–Crippen MR) is 127 cm³/mol. The Morgan fingerprint density at radius 3 is 2.64 bits per heavy atom. The van der Waals surface area contributed by atoms with Crippen molar-refractivity contribution in [1.82, 2.24) is 29.9 Å². The van der Waals surface area contributed by atoms with E-state index in [9.17, 15) is 9.59 Å². The van der Waals surface area contributed by atoms with Crippen molar-refractivity contribution in [2.45, 2.75) is 58.0 Å². The van der Waals surface area contributed by atoms with Crippen molar-refractivity contribution in [2.75, 3.05) is 0 Å². The van der Waals surface area contributed by atoms with Crippen LogP contribution in [0.1, 0.15) is 48.7 Å². The van der Waals surface area contributed by atoms with Gasteiger partial charge >= 0.3 is 0 Å². The zero-order valence-electron chi connectivity index (χ0n) is 18.9. The summed E-state index contributed by atoms with van der Waals surface area (Å²) >= 11 is 0. The van der Waals surface area contributed by atoms with Crippen molar-refractivity contribution in [3.05, 3.63) is 76.0 Å². The molecule has 0 atom stereocenters. The van der Waals surface area contributed by atoms with Crippen LogP contribution in [-0.4, -0.2) is 36.5 Å². The highest BCUT2D eigenvalue weighted by atomic mass is 16.1. The van der Waals surface area contributed by atoms with E-state index >= 15 is 0 Å². The Kier molecular flexibility index (Phi) is 5.58. The van der Waals surface area contributed by atoms with Gasteiger partial charge in [0.15, 0.2) is 5.82 Å². The van der Waals surface area contributed by atoms with Crippen LogP contribution in [0.2, 0.25) is 0 Å². The van der Waals surface area contributed by atoms with Crippen molar-refractivity contribution in [2.24, 2.45) is 0 Å². The molecule has 1 aliphatic rings. The van der Waals surface area contributed by atoms with Gasteiger partial charge in [-0.1, -0.05) is 18.2 Å². The fourth-order valence-electron chi connectivity index (χ4n) is 4.84. The SMILES string of the molecule is Cc1cc(C)n(-c2ccc(=O)n(C3CCC(NC(=O)Cc4c[nH]c5ccccc45)CC3)n2)n1. The molecule has 0 bridgehead atoms. The van der Waals surface area contributed by atoms with Crippen LogP contribution in [0, 0.1) is 13.8 Å². The highest BCUT2D eigenvalue weighted by Crippen LogP contribution is 2.27. The van der Waals surface area contributed by atoms with Crippen molar-refractivity contribution in [3.63, 3.8) is 0 Å².